The topological polar surface area (TPSA) is 78.8 Å². The molecule has 2 N–H and O–H groups in total. The minimum Gasteiger partial charge on any atom is -0.493 e. The van der Waals surface area contributed by atoms with E-state index in [1.165, 1.54) is 32.1 Å². The second-order valence-electron chi connectivity index (χ2n) is 7.20. The number of hydrogen-bond donors (Lipinski definition) is 1. The van der Waals surface area contributed by atoms with Crippen molar-refractivity contribution < 1.29 is 4.74 Å². The molecule has 1 aliphatic carbocycles. The normalized spacial score (nSPS) is 15.0. The summed E-state index contributed by atoms with van der Waals surface area (Å²) >= 11 is 0. The molecule has 0 atom stereocenters. The van der Waals surface area contributed by atoms with Gasteiger partial charge in [-0.3, -0.25) is 0 Å². The number of nitrogens with two attached hydrogens (primary N) is 1. The molecular formula is C21H25N5O. The van der Waals surface area contributed by atoms with Crippen LogP contribution in [0.4, 0.5) is 5.82 Å². The Morgan fingerprint density at radius 3 is 2.67 bits per heavy atom. The largest absolute Gasteiger partial charge is 0.493 e. The summed E-state index contributed by atoms with van der Waals surface area (Å²) in [5.41, 5.74) is 8.59. The van der Waals surface area contributed by atoms with E-state index in [4.69, 9.17) is 10.5 Å². The monoisotopic (exact) mass is 363 g/mol. The Hall–Kier alpha value is -2.89. The molecule has 0 saturated heterocycles. The minimum atomic E-state index is 0.462. The van der Waals surface area contributed by atoms with Crippen molar-refractivity contribution in [2.24, 2.45) is 5.92 Å². The molecule has 1 aromatic carbocycles. The van der Waals surface area contributed by atoms with Crippen molar-refractivity contribution in [3.05, 3.63) is 54.4 Å². The lowest BCUT2D eigenvalue weighted by Crippen LogP contribution is -2.15. The van der Waals surface area contributed by atoms with Crippen LogP contribution in [0.15, 0.2) is 48.8 Å². The summed E-state index contributed by atoms with van der Waals surface area (Å²) in [5.74, 6) is 2.11. The van der Waals surface area contributed by atoms with Crippen LogP contribution < -0.4 is 10.5 Å². The number of hydrogen-bond acceptors (Lipinski definition) is 5. The number of nitrogens with zero attached hydrogens (tertiary/aromatic N) is 4. The van der Waals surface area contributed by atoms with Gasteiger partial charge in [-0.1, -0.05) is 36.6 Å². The second kappa shape index (κ2) is 8.20. The Morgan fingerprint density at radius 2 is 1.89 bits per heavy atom. The number of ether oxygens (including phenoxy) is 1. The van der Waals surface area contributed by atoms with Gasteiger partial charge in [0.25, 0.3) is 0 Å². The van der Waals surface area contributed by atoms with Crippen molar-refractivity contribution in [1.29, 1.82) is 0 Å². The van der Waals surface area contributed by atoms with Crippen LogP contribution in [0.1, 0.15) is 37.7 Å². The van der Waals surface area contributed by atoms with Gasteiger partial charge in [-0.25, -0.2) is 9.67 Å². The van der Waals surface area contributed by atoms with Crippen LogP contribution in [0.2, 0.25) is 0 Å². The third-order valence-corrected chi connectivity index (χ3v) is 5.13. The highest BCUT2D eigenvalue weighted by Crippen LogP contribution is 2.25. The number of pyridine rings is 1. The summed E-state index contributed by atoms with van der Waals surface area (Å²) < 4.78 is 7.78. The van der Waals surface area contributed by atoms with Gasteiger partial charge in [-0.2, -0.15) is 0 Å². The summed E-state index contributed by atoms with van der Waals surface area (Å²) in [6.45, 7) is 1.48. The number of anilines is 1. The van der Waals surface area contributed by atoms with Crippen LogP contribution >= 0.6 is 0 Å². The lowest BCUT2D eigenvalue weighted by Gasteiger charge is -2.21. The van der Waals surface area contributed by atoms with Gasteiger partial charge >= 0.3 is 0 Å². The van der Waals surface area contributed by atoms with Gasteiger partial charge in [-0.15, -0.1) is 5.10 Å². The van der Waals surface area contributed by atoms with Crippen molar-refractivity contribution in [3.63, 3.8) is 0 Å². The predicted octanol–water partition coefficient (Wildman–Crippen LogP) is 3.93. The van der Waals surface area contributed by atoms with Gasteiger partial charge < -0.3 is 10.5 Å². The molecule has 0 unspecified atom stereocenters. The van der Waals surface area contributed by atoms with Gasteiger partial charge in [-0.05, 0) is 48.6 Å². The first-order valence-electron chi connectivity index (χ1n) is 9.60. The molecule has 6 heteroatoms. The lowest BCUT2D eigenvalue weighted by molar-refractivity contribution is 0.209. The molecule has 27 heavy (non-hydrogen) atoms. The molecule has 0 amide bonds. The zero-order valence-electron chi connectivity index (χ0n) is 15.4. The number of rotatable bonds is 6. The summed E-state index contributed by atoms with van der Waals surface area (Å²) in [4.78, 5) is 4.10. The molecule has 2 heterocycles. The molecule has 2 aromatic heterocycles. The molecule has 140 valence electrons. The fourth-order valence-corrected chi connectivity index (χ4v) is 3.58. The van der Waals surface area contributed by atoms with Crippen molar-refractivity contribution in [2.75, 3.05) is 12.3 Å². The first-order chi connectivity index (χ1) is 13.3. The van der Waals surface area contributed by atoms with Crippen LogP contribution in [0.3, 0.4) is 0 Å². The molecule has 0 spiro atoms. The molecule has 3 aromatic rings. The average Bonchev–Trinajstić information content (AvgIpc) is 3.17. The van der Waals surface area contributed by atoms with E-state index in [-0.39, 0.29) is 0 Å². The summed E-state index contributed by atoms with van der Waals surface area (Å²) in [5, 5.41) is 8.41. The van der Waals surface area contributed by atoms with Crippen LogP contribution in [-0.4, -0.2) is 26.6 Å². The maximum Gasteiger partial charge on any atom is 0.132 e. The maximum absolute atomic E-state index is 5.97. The quantitative estimate of drug-likeness (QED) is 0.718. The standard InChI is InChI=1S/C21H25N5O/c22-21-19(7-4-12-23-21)20-14-26(25-24-20)13-16-8-10-18(11-9-16)27-15-17-5-2-1-3-6-17/h4,7-12,14,17H,1-3,5-6,13,15H2,(H2,22,23). The first kappa shape index (κ1) is 17.5. The molecule has 4 rings (SSSR count). The fraction of sp³-hybridized carbons (Fsp3) is 0.381. The highest BCUT2D eigenvalue weighted by molar-refractivity contribution is 5.69. The smallest absolute Gasteiger partial charge is 0.132 e. The van der Waals surface area contributed by atoms with Gasteiger partial charge in [0.1, 0.15) is 17.3 Å². The summed E-state index contributed by atoms with van der Waals surface area (Å²) in [6, 6.07) is 12.0. The molecule has 1 fully saturated rings. The van der Waals surface area contributed by atoms with Gasteiger partial charge in [0.05, 0.1) is 19.3 Å². The Labute approximate surface area is 159 Å². The SMILES string of the molecule is Nc1ncccc1-c1cn(Cc2ccc(OCC3CCCCC3)cc2)nn1. The average molecular weight is 363 g/mol. The molecule has 1 aliphatic rings. The Morgan fingerprint density at radius 1 is 1.07 bits per heavy atom. The first-order valence-corrected chi connectivity index (χ1v) is 9.60. The van der Waals surface area contributed by atoms with E-state index in [9.17, 15) is 0 Å². The van der Waals surface area contributed by atoms with E-state index in [1.807, 2.05) is 30.5 Å². The Balaban J connectivity index is 1.35. The highest BCUT2D eigenvalue weighted by Gasteiger charge is 2.14. The van der Waals surface area contributed by atoms with Crippen LogP contribution in [-0.2, 0) is 6.54 Å². The zero-order chi connectivity index (χ0) is 18.5. The lowest BCUT2D eigenvalue weighted by atomic mass is 9.90. The van der Waals surface area contributed by atoms with E-state index in [1.54, 1.807) is 10.9 Å². The predicted molar refractivity (Wildman–Crippen MR) is 105 cm³/mol. The second-order valence-corrected chi connectivity index (χ2v) is 7.20. The van der Waals surface area contributed by atoms with Crippen molar-refractivity contribution >= 4 is 5.82 Å². The highest BCUT2D eigenvalue weighted by atomic mass is 16.5. The third kappa shape index (κ3) is 4.45. The number of nitrogen functional groups attached to an aromatic ring is 1. The van der Waals surface area contributed by atoms with Crippen molar-refractivity contribution in [3.8, 4) is 17.0 Å². The van der Waals surface area contributed by atoms with E-state index < -0.39 is 0 Å². The molecular weight excluding hydrogens is 338 g/mol. The number of benzene rings is 1. The van der Waals surface area contributed by atoms with E-state index >= 15 is 0 Å². The summed E-state index contributed by atoms with van der Waals surface area (Å²) in [7, 11) is 0. The molecule has 0 bridgehead atoms. The Kier molecular flexibility index (Phi) is 5.32. The molecule has 1 saturated carbocycles. The molecule has 6 nitrogen and oxygen atoms in total. The van der Waals surface area contributed by atoms with E-state index in [0.717, 1.165) is 29.2 Å². The van der Waals surface area contributed by atoms with Crippen molar-refractivity contribution in [2.45, 2.75) is 38.6 Å². The number of aromatic nitrogens is 4. The van der Waals surface area contributed by atoms with Crippen LogP contribution in [0.5, 0.6) is 5.75 Å². The van der Waals surface area contributed by atoms with E-state index in [0.29, 0.717) is 18.3 Å². The Bertz CT molecular complexity index is 868. The fourth-order valence-electron chi connectivity index (χ4n) is 3.58. The summed E-state index contributed by atoms with van der Waals surface area (Å²) in [6.07, 6.45) is 10.2. The van der Waals surface area contributed by atoms with Crippen molar-refractivity contribution in [1.82, 2.24) is 20.0 Å². The van der Waals surface area contributed by atoms with Gasteiger partial charge in [0.15, 0.2) is 0 Å². The van der Waals surface area contributed by atoms with Crippen LogP contribution in [0, 0.1) is 5.92 Å². The third-order valence-electron chi connectivity index (χ3n) is 5.13. The molecule has 0 aliphatic heterocycles. The zero-order valence-corrected chi connectivity index (χ0v) is 15.4. The van der Waals surface area contributed by atoms with E-state index in [2.05, 4.69) is 27.4 Å². The minimum absolute atomic E-state index is 0.462. The van der Waals surface area contributed by atoms with Gasteiger partial charge in [0.2, 0.25) is 0 Å². The molecule has 0 radical (unpaired) electrons. The van der Waals surface area contributed by atoms with Crippen LogP contribution in [0.25, 0.3) is 11.3 Å². The maximum atomic E-state index is 5.97. The van der Waals surface area contributed by atoms with Gasteiger partial charge in [0, 0.05) is 11.8 Å².